The molecule has 0 saturated carbocycles. The summed E-state index contributed by atoms with van der Waals surface area (Å²) in [5.41, 5.74) is 3.11. The van der Waals surface area contributed by atoms with Gasteiger partial charge >= 0.3 is 6.18 Å². The molecule has 0 bridgehead atoms. The van der Waals surface area contributed by atoms with Crippen LogP contribution in [0, 0.1) is 11.3 Å². The van der Waals surface area contributed by atoms with Crippen molar-refractivity contribution < 1.29 is 13.2 Å². The lowest BCUT2D eigenvalue weighted by atomic mass is 10.0. The van der Waals surface area contributed by atoms with Crippen molar-refractivity contribution in [1.82, 2.24) is 9.47 Å². The molecule has 33 heavy (non-hydrogen) atoms. The van der Waals surface area contributed by atoms with E-state index in [4.69, 9.17) is 0 Å². The van der Waals surface area contributed by atoms with Gasteiger partial charge in [0.25, 0.3) is 5.56 Å². The zero-order chi connectivity index (χ0) is 23.4. The van der Waals surface area contributed by atoms with Crippen LogP contribution in [-0.2, 0) is 38.7 Å². The molecule has 4 rings (SSSR count). The molecule has 1 aliphatic rings. The lowest BCUT2D eigenvalue weighted by Gasteiger charge is -2.30. The molecule has 0 N–H and O–H groups in total. The van der Waals surface area contributed by atoms with E-state index in [0.29, 0.717) is 32.4 Å². The topological polar surface area (TPSA) is 49.0 Å². The molecule has 0 fully saturated rings. The van der Waals surface area contributed by atoms with E-state index >= 15 is 0 Å². The number of fused-ring (bicyclic) bond motifs is 1. The van der Waals surface area contributed by atoms with Crippen LogP contribution in [0.2, 0.25) is 0 Å². The molecule has 3 aromatic rings. The Balaban J connectivity index is 1.48. The molecular weight excluding hydrogens is 427 g/mol. The van der Waals surface area contributed by atoms with Gasteiger partial charge in [-0.2, -0.15) is 18.4 Å². The molecule has 0 aliphatic carbocycles. The van der Waals surface area contributed by atoms with E-state index in [-0.39, 0.29) is 11.1 Å². The monoisotopic (exact) mass is 451 g/mol. The zero-order valence-electron chi connectivity index (χ0n) is 18.1. The van der Waals surface area contributed by atoms with E-state index in [9.17, 15) is 23.2 Å². The van der Waals surface area contributed by atoms with Crippen LogP contribution in [0.1, 0.15) is 39.9 Å². The summed E-state index contributed by atoms with van der Waals surface area (Å²) in [6.07, 6.45) is -2.49. The summed E-state index contributed by atoms with van der Waals surface area (Å²) in [6, 6.07) is 19.0. The van der Waals surface area contributed by atoms with Crippen molar-refractivity contribution in [1.29, 1.82) is 5.26 Å². The van der Waals surface area contributed by atoms with Crippen molar-refractivity contribution in [3.05, 3.63) is 105 Å². The van der Waals surface area contributed by atoms with Gasteiger partial charge in [0.1, 0.15) is 11.6 Å². The Morgan fingerprint density at radius 3 is 2.39 bits per heavy atom. The summed E-state index contributed by atoms with van der Waals surface area (Å²) in [5.74, 6) is 0. The lowest BCUT2D eigenvalue weighted by Crippen LogP contribution is -2.36. The van der Waals surface area contributed by atoms with Crippen molar-refractivity contribution in [2.24, 2.45) is 0 Å². The minimum absolute atomic E-state index is 0.129. The van der Waals surface area contributed by atoms with Crippen LogP contribution in [0.15, 0.2) is 65.5 Å². The normalized spacial score (nSPS) is 14.0. The lowest BCUT2D eigenvalue weighted by molar-refractivity contribution is -0.137. The summed E-state index contributed by atoms with van der Waals surface area (Å²) >= 11 is 0. The number of aromatic nitrogens is 1. The first kappa shape index (κ1) is 22.8. The van der Waals surface area contributed by atoms with Crippen molar-refractivity contribution in [3.63, 3.8) is 0 Å². The average Bonchev–Trinajstić information content (AvgIpc) is 2.80. The van der Waals surface area contributed by atoms with Gasteiger partial charge in [-0.05, 0) is 47.7 Å². The largest absolute Gasteiger partial charge is 0.416 e. The zero-order valence-corrected chi connectivity index (χ0v) is 18.1. The number of nitrogens with zero attached hydrogens (tertiary/aromatic N) is 3. The van der Waals surface area contributed by atoms with Crippen LogP contribution in [0.5, 0.6) is 0 Å². The fourth-order valence-corrected chi connectivity index (χ4v) is 4.37. The highest BCUT2D eigenvalue weighted by Crippen LogP contribution is 2.29. The van der Waals surface area contributed by atoms with Crippen molar-refractivity contribution in [3.8, 4) is 6.07 Å². The maximum absolute atomic E-state index is 12.8. The molecule has 0 amide bonds. The van der Waals surface area contributed by atoms with Crippen molar-refractivity contribution in [2.75, 3.05) is 6.54 Å². The second-order valence-corrected chi connectivity index (χ2v) is 8.34. The Bertz CT molecular complexity index is 1210. The summed E-state index contributed by atoms with van der Waals surface area (Å²) in [7, 11) is 0. The molecule has 7 heteroatoms. The second kappa shape index (κ2) is 9.63. The molecule has 170 valence electrons. The van der Waals surface area contributed by atoms with Gasteiger partial charge in [0.2, 0.25) is 0 Å². The second-order valence-electron chi connectivity index (χ2n) is 8.34. The van der Waals surface area contributed by atoms with Gasteiger partial charge in [0, 0.05) is 38.3 Å². The molecule has 0 unspecified atom stereocenters. The fraction of sp³-hybridized carbons (Fsp3) is 0.308. The number of pyridine rings is 1. The quantitative estimate of drug-likeness (QED) is 0.534. The number of benzene rings is 2. The first-order chi connectivity index (χ1) is 15.8. The number of halogens is 3. The highest BCUT2D eigenvalue weighted by molar-refractivity contribution is 5.35. The van der Waals surface area contributed by atoms with E-state index in [1.807, 2.05) is 24.3 Å². The Labute approximate surface area is 190 Å². The van der Waals surface area contributed by atoms with E-state index in [1.165, 1.54) is 17.7 Å². The van der Waals surface area contributed by atoms with Crippen LogP contribution in [0.4, 0.5) is 13.2 Å². The van der Waals surface area contributed by atoms with Gasteiger partial charge in [-0.15, -0.1) is 0 Å². The van der Waals surface area contributed by atoms with E-state index in [1.54, 1.807) is 10.6 Å². The molecule has 0 saturated heterocycles. The first-order valence-corrected chi connectivity index (χ1v) is 10.9. The molecule has 2 aromatic carbocycles. The SMILES string of the molecule is N#Cc1cc2c(n(CCCc3ccc(C(F)(F)F)cc3)c1=O)CCN(Cc1ccccc1)C2. The van der Waals surface area contributed by atoms with Gasteiger partial charge in [-0.25, -0.2) is 0 Å². The van der Waals surface area contributed by atoms with Crippen LogP contribution >= 0.6 is 0 Å². The minimum atomic E-state index is -4.35. The molecule has 0 atom stereocenters. The number of nitriles is 1. The van der Waals surface area contributed by atoms with E-state index in [0.717, 1.165) is 42.0 Å². The molecule has 1 aliphatic heterocycles. The Kier molecular flexibility index (Phi) is 6.66. The third-order valence-corrected chi connectivity index (χ3v) is 6.05. The molecule has 0 spiro atoms. The third kappa shape index (κ3) is 5.35. The highest BCUT2D eigenvalue weighted by Gasteiger charge is 2.30. The number of hydrogen-bond acceptors (Lipinski definition) is 3. The molecular formula is C26H24F3N3O. The smallest absolute Gasteiger partial charge is 0.311 e. The number of aryl methyl sites for hydroxylation is 1. The summed E-state index contributed by atoms with van der Waals surface area (Å²) < 4.78 is 39.9. The van der Waals surface area contributed by atoms with Crippen LogP contribution in [-0.4, -0.2) is 16.0 Å². The predicted molar refractivity (Wildman–Crippen MR) is 119 cm³/mol. The minimum Gasteiger partial charge on any atom is -0.311 e. The van der Waals surface area contributed by atoms with Crippen LogP contribution < -0.4 is 5.56 Å². The van der Waals surface area contributed by atoms with Gasteiger partial charge < -0.3 is 4.57 Å². The first-order valence-electron chi connectivity index (χ1n) is 10.9. The van der Waals surface area contributed by atoms with Crippen LogP contribution in [0.25, 0.3) is 0 Å². The summed E-state index contributed by atoms with van der Waals surface area (Å²) in [6.45, 7) is 2.70. The maximum atomic E-state index is 12.8. The molecule has 4 nitrogen and oxygen atoms in total. The van der Waals surface area contributed by atoms with Gasteiger partial charge in [0.15, 0.2) is 0 Å². The fourth-order valence-electron chi connectivity index (χ4n) is 4.37. The number of hydrogen-bond donors (Lipinski definition) is 0. The van der Waals surface area contributed by atoms with E-state index in [2.05, 4.69) is 17.0 Å². The van der Waals surface area contributed by atoms with Crippen molar-refractivity contribution >= 4 is 0 Å². The Morgan fingerprint density at radius 1 is 1.00 bits per heavy atom. The average molecular weight is 451 g/mol. The standard InChI is InChI=1S/C26H24F3N3O/c27-26(28,29)23-10-8-19(9-11-23)7-4-13-32-24-12-14-31(17-20-5-2-1-3-6-20)18-22(24)15-21(16-30)25(32)33/h1-3,5-6,8-11,15H,4,7,12-14,17-18H2. The molecule has 0 radical (unpaired) electrons. The van der Waals surface area contributed by atoms with Gasteiger partial charge in [-0.3, -0.25) is 9.69 Å². The van der Waals surface area contributed by atoms with Crippen LogP contribution in [0.3, 0.4) is 0 Å². The third-order valence-electron chi connectivity index (χ3n) is 6.05. The van der Waals surface area contributed by atoms with E-state index < -0.39 is 11.7 Å². The Hall–Kier alpha value is -3.37. The summed E-state index contributed by atoms with van der Waals surface area (Å²) in [4.78, 5) is 15.1. The maximum Gasteiger partial charge on any atom is 0.416 e. The number of rotatable bonds is 6. The highest BCUT2D eigenvalue weighted by atomic mass is 19.4. The van der Waals surface area contributed by atoms with Gasteiger partial charge in [-0.1, -0.05) is 42.5 Å². The number of alkyl halides is 3. The molecule has 2 heterocycles. The van der Waals surface area contributed by atoms with Gasteiger partial charge in [0.05, 0.1) is 5.56 Å². The van der Waals surface area contributed by atoms with Crippen molar-refractivity contribution in [2.45, 2.75) is 45.1 Å². The Morgan fingerprint density at radius 2 is 1.73 bits per heavy atom. The predicted octanol–water partition coefficient (Wildman–Crippen LogP) is 4.93. The molecule has 1 aromatic heterocycles. The summed E-state index contributed by atoms with van der Waals surface area (Å²) in [5, 5.41) is 9.47.